The van der Waals surface area contributed by atoms with Crippen LogP contribution >= 0.6 is 0 Å². The fourth-order valence-corrected chi connectivity index (χ4v) is 4.88. The maximum atomic E-state index is 13.8. The van der Waals surface area contributed by atoms with Crippen molar-refractivity contribution in [3.05, 3.63) is 54.5 Å². The van der Waals surface area contributed by atoms with E-state index in [1.807, 2.05) is 21.6 Å². The largest absolute Gasteiger partial charge is 0.337 e. The van der Waals surface area contributed by atoms with Gasteiger partial charge in [0.15, 0.2) is 0 Å². The number of rotatable bonds is 4. The topological polar surface area (TPSA) is 59.2 Å². The Hall–Kier alpha value is -3.19. The summed E-state index contributed by atoms with van der Waals surface area (Å²) in [5, 5.41) is 1.10. The number of piperazine rings is 1. The van der Waals surface area contributed by atoms with E-state index < -0.39 is 0 Å². The fourth-order valence-electron chi connectivity index (χ4n) is 4.88. The summed E-state index contributed by atoms with van der Waals surface area (Å²) >= 11 is 0. The van der Waals surface area contributed by atoms with Gasteiger partial charge in [0, 0.05) is 56.0 Å². The summed E-state index contributed by atoms with van der Waals surface area (Å²) < 4.78 is 4.26. The molecule has 5 rings (SSSR count). The molecule has 32 heavy (non-hydrogen) atoms. The van der Waals surface area contributed by atoms with E-state index in [-0.39, 0.29) is 11.9 Å². The first-order valence-electron chi connectivity index (χ1n) is 11.4. The van der Waals surface area contributed by atoms with Crippen molar-refractivity contribution in [3.8, 4) is 5.95 Å². The van der Waals surface area contributed by atoms with Crippen LogP contribution in [0.1, 0.15) is 44.2 Å². The molecule has 3 aromatic heterocycles. The number of fused-ring (bicyclic) bond motifs is 3. The molecule has 4 heterocycles. The van der Waals surface area contributed by atoms with E-state index in [2.05, 4.69) is 65.3 Å². The predicted octanol–water partition coefficient (Wildman–Crippen LogP) is 4.12. The quantitative estimate of drug-likeness (QED) is 0.489. The van der Waals surface area contributed by atoms with Crippen molar-refractivity contribution in [1.82, 2.24) is 28.9 Å². The second-order valence-corrected chi connectivity index (χ2v) is 9.05. The standard InChI is InChI=1S/C25H30N6O/c1-17(2)28-12-14-29(15-13-28)24(32)22-16-21-23(31(22)25-26-10-7-11-27-25)19-8-5-6-9-20(19)30(21)18(3)4/h5-11,16-18H,12-15H2,1-4H3. The smallest absolute Gasteiger partial charge is 0.271 e. The van der Waals surface area contributed by atoms with Crippen molar-refractivity contribution in [1.29, 1.82) is 0 Å². The van der Waals surface area contributed by atoms with Crippen LogP contribution in [-0.4, -0.2) is 67.0 Å². The highest BCUT2D eigenvalue weighted by Gasteiger charge is 2.29. The lowest BCUT2D eigenvalue weighted by Gasteiger charge is -2.36. The second-order valence-electron chi connectivity index (χ2n) is 9.05. The number of para-hydroxylation sites is 1. The SMILES string of the molecule is CC(C)N1CCN(C(=O)c2cc3c(c4ccccc4n3C(C)C)n2-c2ncccn2)CC1. The number of nitrogens with zero attached hydrogens (tertiary/aromatic N) is 6. The van der Waals surface area contributed by atoms with Crippen LogP contribution in [0.3, 0.4) is 0 Å². The summed E-state index contributed by atoms with van der Waals surface area (Å²) in [6, 6.07) is 12.9. The van der Waals surface area contributed by atoms with Crippen LogP contribution in [0.4, 0.5) is 0 Å². The first-order chi connectivity index (χ1) is 15.5. The number of carbonyl (C=O) groups is 1. The van der Waals surface area contributed by atoms with Gasteiger partial charge in [-0.15, -0.1) is 0 Å². The van der Waals surface area contributed by atoms with Gasteiger partial charge in [0.05, 0.1) is 16.6 Å². The average Bonchev–Trinajstić information content (AvgIpc) is 3.34. The molecular formula is C25H30N6O. The number of carbonyl (C=O) groups excluding carboxylic acids is 1. The van der Waals surface area contributed by atoms with Crippen molar-refractivity contribution in [2.45, 2.75) is 39.8 Å². The third kappa shape index (κ3) is 3.28. The second kappa shape index (κ2) is 8.06. The van der Waals surface area contributed by atoms with Crippen molar-refractivity contribution in [2.24, 2.45) is 0 Å². The van der Waals surface area contributed by atoms with Crippen LogP contribution in [0.5, 0.6) is 0 Å². The van der Waals surface area contributed by atoms with Crippen molar-refractivity contribution >= 4 is 27.8 Å². The first-order valence-corrected chi connectivity index (χ1v) is 11.4. The Morgan fingerprint density at radius 1 is 0.875 bits per heavy atom. The van der Waals surface area contributed by atoms with Gasteiger partial charge in [-0.1, -0.05) is 18.2 Å². The number of aromatic nitrogens is 4. The zero-order valence-electron chi connectivity index (χ0n) is 19.2. The van der Waals surface area contributed by atoms with E-state index >= 15 is 0 Å². The normalized spacial score (nSPS) is 15.5. The number of hydrogen-bond acceptors (Lipinski definition) is 4. The summed E-state index contributed by atoms with van der Waals surface area (Å²) in [4.78, 5) is 27.2. The van der Waals surface area contributed by atoms with Crippen molar-refractivity contribution in [3.63, 3.8) is 0 Å². The molecule has 1 aromatic carbocycles. The van der Waals surface area contributed by atoms with Crippen LogP contribution in [0.2, 0.25) is 0 Å². The fraction of sp³-hybridized carbons (Fsp3) is 0.400. The predicted molar refractivity (Wildman–Crippen MR) is 127 cm³/mol. The van der Waals surface area contributed by atoms with Gasteiger partial charge in [-0.25, -0.2) is 9.97 Å². The molecule has 0 bridgehead atoms. The minimum atomic E-state index is 0.0384. The molecule has 0 spiro atoms. The Morgan fingerprint density at radius 2 is 1.56 bits per heavy atom. The molecule has 1 aliphatic heterocycles. The first kappa shape index (κ1) is 20.7. The zero-order chi connectivity index (χ0) is 22.4. The molecule has 1 aliphatic rings. The maximum absolute atomic E-state index is 13.8. The minimum Gasteiger partial charge on any atom is -0.337 e. The van der Waals surface area contributed by atoms with Gasteiger partial charge in [-0.3, -0.25) is 14.3 Å². The summed E-state index contributed by atoms with van der Waals surface area (Å²) in [7, 11) is 0. The van der Waals surface area contributed by atoms with E-state index in [1.54, 1.807) is 18.5 Å². The van der Waals surface area contributed by atoms with Crippen LogP contribution < -0.4 is 0 Å². The minimum absolute atomic E-state index is 0.0384. The molecular weight excluding hydrogens is 400 g/mol. The molecule has 1 amide bonds. The van der Waals surface area contributed by atoms with Gasteiger partial charge in [0.1, 0.15) is 5.69 Å². The van der Waals surface area contributed by atoms with E-state index in [0.29, 0.717) is 17.7 Å². The summed E-state index contributed by atoms with van der Waals surface area (Å²) in [6.45, 7) is 12.0. The van der Waals surface area contributed by atoms with Crippen LogP contribution in [0.15, 0.2) is 48.8 Å². The molecule has 7 nitrogen and oxygen atoms in total. The summed E-state index contributed by atoms with van der Waals surface area (Å²) in [5.74, 6) is 0.565. The molecule has 0 atom stereocenters. The third-order valence-electron chi connectivity index (χ3n) is 6.48. The third-order valence-corrected chi connectivity index (χ3v) is 6.48. The van der Waals surface area contributed by atoms with Crippen molar-refractivity contribution in [2.75, 3.05) is 26.2 Å². The van der Waals surface area contributed by atoms with E-state index in [1.165, 1.54) is 0 Å². The van der Waals surface area contributed by atoms with Gasteiger partial charge in [-0.2, -0.15) is 0 Å². The van der Waals surface area contributed by atoms with Gasteiger partial charge in [0.25, 0.3) is 5.91 Å². The van der Waals surface area contributed by atoms with E-state index in [0.717, 1.165) is 48.1 Å². The molecule has 0 radical (unpaired) electrons. The molecule has 0 unspecified atom stereocenters. The van der Waals surface area contributed by atoms with E-state index in [4.69, 9.17) is 0 Å². The highest BCUT2D eigenvalue weighted by atomic mass is 16.2. The molecule has 1 fully saturated rings. The molecule has 0 aliphatic carbocycles. The van der Waals surface area contributed by atoms with Gasteiger partial charge in [0.2, 0.25) is 5.95 Å². The molecule has 1 saturated heterocycles. The van der Waals surface area contributed by atoms with Crippen LogP contribution in [0.25, 0.3) is 27.9 Å². The molecule has 166 valence electrons. The monoisotopic (exact) mass is 430 g/mol. The van der Waals surface area contributed by atoms with Crippen molar-refractivity contribution < 1.29 is 4.79 Å². The zero-order valence-corrected chi connectivity index (χ0v) is 19.2. The lowest BCUT2D eigenvalue weighted by atomic mass is 10.2. The van der Waals surface area contributed by atoms with Crippen LogP contribution in [-0.2, 0) is 0 Å². The van der Waals surface area contributed by atoms with Crippen LogP contribution in [0, 0.1) is 0 Å². The maximum Gasteiger partial charge on any atom is 0.271 e. The Labute approximate surface area is 188 Å². The lowest BCUT2D eigenvalue weighted by molar-refractivity contribution is 0.0588. The number of hydrogen-bond donors (Lipinski definition) is 0. The highest BCUT2D eigenvalue weighted by Crippen LogP contribution is 2.35. The van der Waals surface area contributed by atoms with Gasteiger partial charge < -0.3 is 9.47 Å². The summed E-state index contributed by atoms with van der Waals surface area (Å²) in [6.07, 6.45) is 3.46. The molecule has 7 heteroatoms. The highest BCUT2D eigenvalue weighted by molar-refractivity contribution is 6.11. The number of amides is 1. The Kier molecular flexibility index (Phi) is 5.21. The Balaban J connectivity index is 1.69. The van der Waals surface area contributed by atoms with E-state index in [9.17, 15) is 4.79 Å². The Morgan fingerprint density at radius 3 is 2.22 bits per heavy atom. The summed E-state index contributed by atoms with van der Waals surface area (Å²) in [5.41, 5.74) is 3.81. The Bertz CT molecular complexity index is 1260. The number of benzene rings is 1. The lowest BCUT2D eigenvalue weighted by Crippen LogP contribution is -2.51. The van der Waals surface area contributed by atoms with Gasteiger partial charge >= 0.3 is 0 Å². The average molecular weight is 431 g/mol. The molecule has 4 aromatic rings. The molecule has 0 saturated carbocycles. The molecule has 0 N–H and O–H groups in total. The van der Waals surface area contributed by atoms with Gasteiger partial charge in [-0.05, 0) is 45.9 Å².